The van der Waals surface area contributed by atoms with Gasteiger partial charge >= 0.3 is 6.18 Å². The van der Waals surface area contributed by atoms with Gasteiger partial charge in [-0.05, 0) is 62.0 Å². The maximum Gasteiger partial charge on any atom is 0.417 e. The van der Waals surface area contributed by atoms with E-state index in [1.165, 1.54) is 12.1 Å². The Labute approximate surface area is 172 Å². The second-order valence-corrected chi connectivity index (χ2v) is 6.97. The molecule has 0 aliphatic rings. The summed E-state index contributed by atoms with van der Waals surface area (Å²) in [7, 11) is 1.55. The molecule has 0 aromatic heterocycles. The van der Waals surface area contributed by atoms with E-state index in [-0.39, 0.29) is 21.9 Å². The van der Waals surface area contributed by atoms with Gasteiger partial charge in [0.25, 0.3) is 0 Å². The minimum absolute atomic E-state index is 0.00983. The van der Waals surface area contributed by atoms with Crippen LogP contribution in [0.3, 0.4) is 0 Å². The predicted molar refractivity (Wildman–Crippen MR) is 108 cm³/mol. The number of benzene rings is 2. The van der Waals surface area contributed by atoms with Crippen LogP contribution in [0.25, 0.3) is 0 Å². The Morgan fingerprint density at radius 2 is 1.86 bits per heavy atom. The highest BCUT2D eigenvalue weighted by atomic mass is 35.5. The van der Waals surface area contributed by atoms with E-state index in [1.54, 1.807) is 19.2 Å². The van der Waals surface area contributed by atoms with Crippen LogP contribution < -0.4 is 20.1 Å². The average Bonchev–Trinajstić information content (AvgIpc) is 2.61. The van der Waals surface area contributed by atoms with Crippen molar-refractivity contribution in [1.29, 1.82) is 0 Å². The van der Waals surface area contributed by atoms with Gasteiger partial charge in [-0.1, -0.05) is 17.7 Å². The second kappa shape index (κ2) is 9.34. The summed E-state index contributed by atoms with van der Waals surface area (Å²) in [6, 6.07) is 8.95. The lowest BCUT2D eigenvalue weighted by molar-refractivity contribution is -0.137. The summed E-state index contributed by atoms with van der Waals surface area (Å²) in [6.45, 7) is 4.18. The highest BCUT2D eigenvalue weighted by molar-refractivity contribution is 7.80. The van der Waals surface area contributed by atoms with Gasteiger partial charge in [0, 0.05) is 12.2 Å². The Morgan fingerprint density at radius 3 is 2.46 bits per heavy atom. The van der Waals surface area contributed by atoms with E-state index in [2.05, 4.69) is 10.6 Å². The number of hydrogen-bond acceptors (Lipinski definition) is 3. The fourth-order valence-electron chi connectivity index (χ4n) is 2.35. The Morgan fingerprint density at radius 1 is 1.14 bits per heavy atom. The summed E-state index contributed by atoms with van der Waals surface area (Å²) in [5, 5.41) is 5.48. The van der Waals surface area contributed by atoms with Crippen LogP contribution in [0.4, 0.5) is 18.9 Å². The fraction of sp³-hybridized carbons (Fsp3) is 0.316. The molecular weight excluding hydrogens is 413 g/mol. The molecule has 0 saturated heterocycles. The van der Waals surface area contributed by atoms with Crippen LogP contribution in [-0.4, -0.2) is 18.3 Å². The summed E-state index contributed by atoms with van der Waals surface area (Å²) < 4.78 is 49.8. The quantitative estimate of drug-likeness (QED) is 0.578. The number of anilines is 1. The molecule has 0 heterocycles. The van der Waals surface area contributed by atoms with Crippen molar-refractivity contribution in [2.45, 2.75) is 32.7 Å². The number of alkyl halides is 3. The first-order chi connectivity index (χ1) is 13.1. The van der Waals surface area contributed by atoms with Gasteiger partial charge in [-0.15, -0.1) is 0 Å². The van der Waals surface area contributed by atoms with E-state index in [0.29, 0.717) is 18.0 Å². The molecule has 0 atom stereocenters. The first kappa shape index (κ1) is 22.1. The lowest BCUT2D eigenvalue weighted by atomic mass is 10.2. The first-order valence-electron chi connectivity index (χ1n) is 8.35. The van der Waals surface area contributed by atoms with Crippen molar-refractivity contribution in [3.05, 3.63) is 52.5 Å². The van der Waals surface area contributed by atoms with Crippen molar-refractivity contribution in [3.63, 3.8) is 0 Å². The molecule has 0 spiro atoms. The summed E-state index contributed by atoms with van der Waals surface area (Å²) in [5.41, 5.74) is 0.129. The second-order valence-electron chi connectivity index (χ2n) is 6.15. The maximum absolute atomic E-state index is 12.9. The average molecular weight is 433 g/mol. The minimum Gasteiger partial charge on any atom is -0.493 e. The van der Waals surface area contributed by atoms with Gasteiger partial charge in [0.05, 0.1) is 23.8 Å². The number of hydrogen-bond donors (Lipinski definition) is 2. The molecular formula is C19H20ClF3N2O2S. The Hall–Kier alpha value is -2.19. The Kier molecular flexibility index (Phi) is 7.37. The van der Waals surface area contributed by atoms with E-state index in [4.69, 9.17) is 33.3 Å². The third kappa shape index (κ3) is 6.17. The number of nitrogens with one attached hydrogen (secondary N) is 2. The highest BCUT2D eigenvalue weighted by Gasteiger charge is 2.33. The summed E-state index contributed by atoms with van der Waals surface area (Å²) in [4.78, 5) is 0. The topological polar surface area (TPSA) is 42.5 Å². The molecule has 152 valence electrons. The van der Waals surface area contributed by atoms with Crippen LogP contribution in [-0.2, 0) is 12.7 Å². The molecule has 0 fully saturated rings. The van der Waals surface area contributed by atoms with Crippen LogP contribution in [0, 0.1) is 0 Å². The van der Waals surface area contributed by atoms with Crippen molar-refractivity contribution in [2.75, 3.05) is 12.4 Å². The van der Waals surface area contributed by atoms with Crippen LogP contribution in [0.15, 0.2) is 36.4 Å². The normalized spacial score (nSPS) is 11.3. The third-order valence-corrected chi connectivity index (χ3v) is 4.15. The predicted octanol–water partition coefficient (Wildman–Crippen LogP) is 5.64. The number of rotatable bonds is 6. The molecule has 0 radical (unpaired) electrons. The van der Waals surface area contributed by atoms with Crippen molar-refractivity contribution in [1.82, 2.24) is 5.32 Å². The van der Waals surface area contributed by atoms with Crippen LogP contribution in [0.5, 0.6) is 11.5 Å². The third-order valence-electron chi connectivity index (χ3n) is 3.57. The zero-order valence-corrected chi connectivity index (χ0v) is 17.1. The first-order valence-corrected chi connectivity index (χ1v) is 9.14. The monoisotopic (exact) mass is 432 g/mol. The Bertz CT molecular complexity index is 844. The zero-order chi connectivity index (χ0) is 20.9. The molecule has 0 unspecified atom stereocenters. The molecule has 0 bridgehead atoms. The van der Waals surface area contributed by atoms with E-state index in [1.807, 2.05) is 19.9 Å². The standard InChI is InChI=1S/C19H20ClF3N2O2S/c1-11(2)27-16-7-4-12(8-17(16)26-3)10-24-18(28)25-13-5-6-15(20)14(9-13)19(21,22)23/h4-9,11H,10H2,1-3H3,(H2,24,25,28). The summed E-state index contributed by atoms with van der Waals surface area (Å²) >= 11 is 10.8. The molecule has 0 saturated carbocycles. The van der Waals surface area contributed by atoms with Crippen molar-refractivity contribution in [2.24, 2.45) is 0 Å². The molecule has 0 aliphatic heterocycles. The van der Waals surface area contributed by atoms with Crippen molar-refractivity contribution < 1.29 is 22.6 Å². The number of halogens is 4. The largest absolute Gasteiger partial charge is 0.493 e. The summed E-state index contributed by atoms with van der Waals surface area (Å²) in [6.07, 6.45) is -4.53. The van der Waals surface area contributed by atoms with Crippen molar-refractivity contribution >= 4 is 34.6 Å². The van der Waals surface area contributed by atoms with Gasteiger partial charge in [0.1, 0.15) is 0 Å². The van der Waals surface area contributed by atoms with Crippen LogP contribution >= 0.6 is 23.8 Å². The van der Waals surface area contributed by atoms with Gasteiger partial charge in [0.2, 0.25) is 0 Å². The number of thiocarbonyl (C=S) groups is 1. The van der Waals surface area contributed by atoms with E-state index >= 15 is 0 Å². The van der Waals surface area contributed by atoms with Gasteiger partial charge < -0.3 is 20.1 Å². The molecule has 0 aliphatic carbocycles. The van der Waals surface area contributed by atoms with Crippen molar-refractivity contribution in [3.8, 4) is 11.5 Å². The smallest absolute Gasteiger partial charge is 0.417 e. The molecule has 2 aromatic rings. The maximum atomic E-state index is 12.9. The van der Waals surface area contributed by atoms with E-state index in [9.17, 15) is 13.2 Å². The highest BCUT2D eigenvalue weighted by Crippen LogP contribution is 2.36. The van der Waals surface area contributed by atoms with Gasteiger partial charge in [-0.25, -0.2) is 0 Å². The SMILES string of the molecule is COc1cc(CNC(=S)Nc2ccc(Cl)c(C(F)(F)F)c2)ccc1OC(C)C. The van der Waals surface area contributed by atoms with Crippen LogP contribution in [0.2, 0.25) is 5.02 Å². The summed E-state index contributed by atoms with van der Waals surface area (Å²) in [5.74, 6) is 1.21. The molecule has 2 N–H and O–H groups in total. The van der Waals surface area contributed by atoms with E-state index in [0.717, 1.165) is 11.6 Å². The Balaban J connectivity index is 2.01. The van der Waals surface area contributed by atoms with E-state index < -0.39 is 11.7 Å². The van der Waals surface area contributed by atoms with Gasteiger partial charge in [-0.3, -0.25) is 0 Å². The number of methoxy groups -OCH3 is 1. The molecule has 28 heavy (non-hydrogen) atoms. The fourth-order valence-corrected chi connectivity index (χ4v) is 2.77. The molecule has 9 heteroatoms. The molecule has 2 rings (SSSR count). The number of ether oxygens (including phenoxy) is 2. The lowest BCUT2D eigenvalue weighted by Gasteiger charge is -2.16. The lowest BCUT2D eigenvalue weighted by Crippen LogP contribution is -2.28. The van der Waals surface area contributed by atoms with Gasteiger partial charge in [-0.2, -0.15) is 13.2 Å². The van der Waals surface area contributed by atoms with Crippen LogP contribution in [0.1, 0.15) is 25.0 Å². The minimum atomic E-state index is -4.54. The molecule has 4 nitrogen and oxygen atoms in total. The zero-order valence-electron chi connectivity index (χ0n) is 15.5. The van der Waals surface area contributed by atoms with Gasteiger partial charge in [0.15, 0.2) is 16.6 Å². The molecule has 0 amide bonds. The molecule has 2 aromatic carbocycles.